The van der Waals surface area contributed by atoms with Crippen LogP contribution in [0.1, 0.15) is 18.4 Å². The molecule has 30 heavy (non-hydrogen) atoms. The summed E-state index contributed by atoms with van der Waals surface area (Å²) < 4.78 is 14.4. The van der Waals surface area contributed by atoms with E-state index in [4.69, 9.17) is 9.94 Å². The quantitative estimate of drug-likeness (QED) is 0.525. The molecule has 160 valence electrons. The van der Waals surface area contributed by atoms with Gasteiger partial charge in [0, 0.05) is 62.1 Å². The minimum absolute atomic E-state index is 0.203. The fraction of sp³-hybridized carbons (Fsp3) is 0.400. The zero-order chi connectivity index (χ0) is 21.5. The molecule has 1 fully saturated rings. The van der Waals surface area contributed by atoms with Crippen molar-refractivity contribution in [2.75, 3.05) is 38.2 Å². The number of benzene rings is 1. The van der Waals surface area contributed by atoms with Crippen LogP contribution in [0.25, 0.3) is 11.1 Å². The van der Waals surface area contributed by atoms with Gasteiger partial charge < -0.3 is 24.9 Å². The summed E-state index contributed by atoms with van der Waals surface area (Å²) in [5.41, 5.74) is 2.04. The third kappa shape index (κ3) is 5.20. The van der Waals surface area contributed by atoms with E-state index in [1.54, 1.807) is 24.5 Å². The zero-order valence-electron chi connectivity index (χ0n) is 16.7. The second kappa shape index (κ2) is 9.97. The maximum Gasteiger partial charge on any atom is 0.407 e. The van der Waals surface area contributed by atoms with Gasteiger partial charge in [0.2, 0.25) is 5.95 Å². The summed E-state index contributed by atoms with van der Waals surface area (Å²) in [4.78, 5) is 27.8. The molecule has 1 aliphatic heterocycles. The van der Waals surface area contributed by atoms with Crippen molar-refractivity contribution in [3.05, 3.63) is 42.0 Å². The van der Waals surface area contributed by atoms with E-state index in [0.717, 1.165) is 10.6 Å². The van der Waals surface area contributed by atoms with Crippen LogP contribution in [0.5, 0.6) is 0 Å². The summed E-state index contributed by atoms with van der Waals surface area (Å²) in [6, 6.07) is 4.85. The SMILES string of the molecule is CN(CCON=C1CCN(c2ncc(-c3cccc(CO)c3F)cn2)CC1)C(=O)O. The number of piperidine rings is 1. The Morgan fingerprint density at radius 2 is 2.00 bits per heavy atom. The Labute approximate surface area is 173 Å². The number of aliphatic hydroxyl groups excluding tert-OH is 1. The zero-order valence-corrected chi connectivity index (χ0v) is 16.7. The highest BCUT2D eigenvalue weighted by atomic mass is 19.1. The van der Waals surface area contributed by atoms with Crippen LogP contribution in [0, 0.1) is 5.82 Å². The molecular formula is C20H24FN5O4. The van der Waals surface area contributed by atoms with Crippen LogP contribution >= 0.6 is 0 Å². The van der Waals surface area contributed by atoms with Crippen LogP contribution in [-0.2, 0) is 11.4 Å². The number of anilines is 1. The van der Waals surface area contributed by atoms with E-state index in [0.29, 0.717) is 43.0 Å². The Hall–Kier alpha value is -3.27. The van der Waals surface area contributed by atoms with Crippen LogP contribution in [0.2, 0.25) is 0 Å². The van der Waals surface area contributed by atoms with Gasteiger partial charge in [0.15, 0.2) is 0 Å². The average molecular weight is 417 g/mol. The molecule has 0 aliphatic carbocycles. The third-order valence-electron chi connectivity index (χ3n) is 4.86. The number of rotatable bonds is 7. The number of aliphatic hydroxyl groups is 1. The first-order chi connectivity index (χ1) is 14.5. The van der Waals surface area contributed by atoms with Crippen LogP contribution in [0.4, 0.5) is 15.1 Å². The summed E-state index contributed by atoms with van der Waals surface area (Å²) in [7, 11) is 1.47. The van der Waals surface area contributed by atoms with E-state index in [1.165, 1.54) is 13.1 Å². The van der Waals surface area contributed by atoms with Crippen molar-refractivity contribution in [1.29, 1.82) is 0 Å². The van der Waals surface area contributed by atoms with Crippen molar-refractivity contribution in [2.45, 2.75) is 19.4 Å². The molecule has 0 bridgehead atoms. The summed E-state index contributed by atoms with van der Waals surface area (Å²) in [6.45, 7) is 1.43. The van der Waals surface area contributed by atoms with Gasteiger partial charge in [0.05, 0.1) is 18.9 Å². The first-order valence-electron chi connectivity index (χ1n) is 9.57. The Balaban J connectivity index is 1.54. The van der Waals surface area contributed by atoms with E-state index < -0.39 is 11.9 Å². The van der Waals surface area contributed by atoms with Gasteiger partial charge in [-0.2, -0.15) is 0 Å². The minimum Gasteiger partial charge on any atom is -0.465 e. The third-order valence-corrected chi connectivity index (χ3v) is 4.86. The molecule has 10 heteroatoms. The maximum absolute atomic E-state index is 14.4. The largest absolute Gasteiger partial charge is 0.465 e. The summed E-state index contributed by atoms with van der Waals surface area (Å²) >= 11 is 0. The standard InChI is InChI=1S/C20H24FN5O4/c1-25(20(28)29)9-10-30-24-16-5-7-26(8-6-16)19-22-11-15(12-23-19)17-4-2-3-14(13-27)18(17)21/h2-4,11-12,27H,5-10,13H2,1H3,(H,28,29). The predicted molar refractivity (Wildman–Crippen MR) is 109 cm³/mol. The summed E-state index contributed by atoms with van der Waals surface area (Å²) in [6.07, 6.45) is 3.52. The number of hydrogen-bond acceptors (Lipinski definition) is 7. The van der Waals surface area contributed by atoms with Crippen molar-refractivity contribution in [3.63, 3.8) is 0 Å². The second-order valence-electron chi connectivity index (χ2n) is 6.89. The lowest BCUT2D eigenvalue weighted by Gasteiger charge is -2.27. The topological polar surface area (TPSA) is 111 Å². The summed E-state index contributed by atoms with van der Waals surface area (Å²) in [5, 5.41) is 22.1. The number of likely N-dealkylation sites (N-methyl/N-ethyl adjacent to an activating group) is 1. The highest BCUT2D eigenvalue weighted by Crippen LogP contribution is 2.25. The van der Waals surface area contributed by atoms with E-state index >= 15 is 0 Å². The van der Waals surface area contributed by atoms with Gasteiger partial charge in [-0.15, -0.1) is 0 Å². The highest BCUT2D eigenvalue weighted by molar-refractivity contribution is 5.86. The van der Waals surface area contributed by atoms with Crippen molar-refractivity contribution in [1.82, 2.24) is 14.9 Å². The predicted octanol–water partition coefficient (Wildman–Crippen LogP) is 2.36. The average Bonchev–Trinajstić information content (AvgIpc) is 2.77. The number of nitrogens with zero attached hydrogens (tertiary/aromatic N) is 5. The van der Waals surface area contributed by atoms with Crippen LogP contribution < -0.4 is 4.90 Å². The molecule has 0 unspecified atom stereocenters. The van der Waals surface area contributed by atoms with Gasteiger partial charge in [0.1, 0.15) is 12.4 Å². The van der Waals surface area contributed by atoms with Crippen LogP contribution in [0.3, 0.4) is 0 Å². The molecule has 1 aromatic carbocycles. The Morgan fingerprint density at radius 1 is 1.30 bits per heavy atom. The maximum atomic E-state index is 14.4. The molecule has 0 saturated carbocycles. The number of carbonyl (C=O) groups is 1. The molecule has 2 aromatic rings. The fourth-order valence-electron chi connectivity index (χ4n) is 3.01. The lowest BCUT2D eigenvalue weighted by molar-refractivity contribution is 0.107. The minimum atomic E-state index is -1.01. The molecule has 1 amide bonds. The number of halogens is 1. The number of carboxylic acid groups (broad SMARTS) is 1. The van der Waals surface area contributed by atoms with Crippen LogP contribution in [0.15, 0.2) is 35.7 Å². The van der Waals surface area contributed by atoms with Crippen molar-refractivity contribution >= 4 is 17.8 Å². The Bertz CT molecular complexity index is 897. The van der Waals surface area contributed by atoms with E-state index in [-0.39, 0.29) is 25.3 Å². The molecule has 1 saturated heterocycles. The van der Waals surface area contributed by atoms with Gasteiger partial charge in [-0.1, -0.05) is 23.4 Å². The van der Waals surface area contributed by atoms with Gasteiger partial charge in [0.25, 0.3) is 0 Å². The lowest BCUT2D eigenvalue weighted by atomic mass is 10.1. The number of aromatic nitrogens is 2. The number of hydrogen-bond donors (Lipinski definition) is 2. The molecular weight excluding hydrogens is 393 g/mol. The first-order valence-corrected chi connectivity index (χ1v) is 9.57. The van der Waals surface area contributed by atoms with Crippen molar-refractivity contribution < 1.29 is 24.2 Å². The second-order valence-corrected chi connectivity index (χ2v) is 6.89. The lowest BCUT2D eigenvalue weighted by Crippen LogP contribution is -2.35. The molecule has 1 aliphatic rings. The van der Waals surface area contributed by atoms with Crippen molar-refractivity contribution in [2.24, 2.45) is 5.16 Å². The van der Waals surface area contributed by atoms with E-state index in [9.17, 15) is 14.3 Å². The molecule has 0 atom stereocenters. The molecule has 3 rings (SSSR count). The van der Waals surface area contributed by atoms with Gasteiger partial charge in [-0.05, 0) is 0 Å². The number of oxime groups is 1. The molecule has 9 nitrogen and oxygen atoms in total. The molecule has 1 aromatic heterocycles. The first kappa shape index (κ1) is 21.4. The van der Waals surface area contributed by atoms with E-state index in [2.05, 4.69) is 15.1 Å². The Kier molecular flexibility index (Phi) is 7.12. The number of amides is 1. The monoisotopic (exact) mass is 417 g/mol. The highest BCUT2D eigenvalue weighted by Gasteiger charge is 2.18. The smallest absolute Gasteiger partial charge is 0.407 e. The normalized spacial score (nSPS) is 13.8. The van der Waals surface area contributed by atoms with Gasteiger partial charge in [-0.25, -0.2) is 19.2 Å². The van der Waals surface area contributed by atoms with Crippen LogP contribution in [-0.4, -0.2) is 70.2 Å². The summed E-state index contributed by atoms with van der Waals surface area (Å²) in [5.74, 6) is 0.0882. The molecule has 2 N–H and O–H groups in total. The van der Waals surface area contributed by atoms with E-state index in [1.807, 2.05) is 4.90 Å². The molecule has 0 radical (unpaired) electrons. The Morgan fingerprint density at radius 3 is 2.63 bits per heavy atom. The molecule has 2 heterocycles. The van der Waals surface area contributed by atoms with Gasteiger partial charge >= 0.3 is 6.09 Å². The molecule has 0 spiro atoms. The van der Waals surface area contributed by atoms with Gasteiger partial charge in [-0.3, -0.25) is 0 Å². The fourth-order valence-corrected chi connectivity index (χ4v) is 3.01. The van der Waals surface area contributed by atoms with Crippen molar-refractivity contribution in [3.8, 4) is 11.1 Å².